The molecule has 1 aromatic carbocycles. The van der Waals surface area contributed by atoms with Crippen molar-refractivity contribution in [1.82, 2.24) is 0 Å². The van der Waals surface area contributed by atoms with Crippen LogP contribution in [0.3, 0.4) is 0 Å². The highest BCUT2D eigenvalue weighted by atomic mass is 16.5. The minimum atomic E-state index is -0.275. The highest BCUT2D eigenvalue weighted by Crippen LogP contribution is 2.24. The van der Waals surface area contributed by atoms with Crippen molar-refractivity contribution in [2.45, 2.75) is 20.0 Å². The highest BCUT2D eigenvalue weighted by Gasteiger charge is 2.08. The summed E-state index contributed by atoms with van der Waals surface area (Å²) in [6.45, 7) is 3.81. The molecule has 0 spiro atoms. The Balaban J connectivity index is 2.57. The van der Waals surface area contributed by atoms with Crippen LogP contribution >= 0.6 is 0 Å². The molecule has 0 saturated heterocycles. The molecule has 18 heavy (non-hydrogen) atoms. The summed E-state index contributed by atoms with van der Waals surface area (Å²) in [6, 6.07) is 7.22. The van der Waals surface area contributed by atoms with Crippen LogP contribution in [0.25, 0.3) is 0 Å². The van der Waals surface area contributed by atoms with Crippen molar-refractivity contribution < 1.29 is 19.4 Å². The standard InChI is InChI=1S/C13H19NO4/c1-10(2)18-12-6-4-3-5-11(12)14-13(16)9-17-8-7-15/h3-6,10,15H,7-9H2,1-2H3,(H,14,16). The third-order valence-electron chi connectivity index (χ3n) is 1.99. The highest BCUT2D eigenvalue weighted by molar-refractivity contribution is 5.93. The van der Waals surface area contributed by atoms with Gasteiger partial charge < -0.3 is 19.9 Å². The molecule has 0 aromatic heterocycles. The summed E-state index contributed by atoms with van der Waals surface area (Å²) in [6.07, 6.45) is 0.0358. The van der Waals surface area contributed by atoms with E-state index < -0.39 is 0 Å². The first kappa shape index (κ1) is 14.5. The van der Waals surface area contributed by atoms with E-state index in [1.807, 2.05) is 26.0 Å². The predicted molar refractivity (Wildman–Crippen MR) is 68.7 cm³/mol. The fraction of sp³-hybridized carbons (Fsp3) is 0.462. The molecule has 100 valence electrons. The zero-order chi connectivity index (χ0) is 13.4. The lowest BCUT2D eigenvalue weighted by Gasteiger charge is -2.14. The number of anilines is 1. The van der Waals surface area contributed by atoms with Crippen molar-refractivity contribution in [3.8, 4) is 5.75 Å². The quantitative estimate of drug-likeness (QED) is 0.721. The van der Waals surface area contributed by atoms with E-state index in [1.165, 1.54) is 0 Å². The number of amides is 1. The second kappa shape index (κ2) is 7.68. The lowest BCUT2D eigenvalue weighted by Crippen LogP contribution is -2.20. The van der Waals surface area contributed by atoms with Crippen molar-refractivity contribution in [1.29, 1.82) is 0 Å². The van der Waals surface area contributed by atoms with Crippen LogP contribution in [-0.2, 0) is 9.53 Å². The predicted octanol–water partition coefficient (Wildman–Crippen LogP) is 1.42. The van der Waals surface area contributed by atoms with Crippen LogP contribution in [0.15, 0.2) is 24.3 Å². The van der Waals surface area contributed by atoms with Crippen molar-refractivity contribution in [2.24, 2.45) is 0 Å². The number of para-hydroxylation sites is 2. The molecule has 0 unspecified atom stereocenters. The third kappa shape index (κ3) is 5.16. The first-order chi connectivity index (χ1) is 8.63. The molecule has 0 bridgehead atoms. The molecule has 1 aromatic rings. The number of aliphatic hydroxyl groups is 1. The minimum absolute atomic E-state index is 0.0358. The summed E-state index contributed by atoms with van der Waals surface area (Å²) in [4.78, 5) is 11.6. The van der Waals surface area contributed by atoms with Gasteiger partial charge in [0.1, 0.15) is 12.4 Å². The number of ether oxygens (including phenoxy) is 2. The van der Waals surface area contributed by atoms with E-state index in [4.69, 9.17) is 14.6 Å². The molecule has 0 aliphatic carbocycles. The van der Waals surface area contributed by atoms with Gasteiger partial charge in [0.05, 0.1) is 25.0 Å². The molecule has 5 nitrogen and oxygen atoms in total. The van der Waals surface area contributed by atoms with Gasteiger partial charge in [-0.25, -0.2) is 0 Å². The van der Waals surface area contributed by atoms with Crippen LogP contribution in [-0.4, -0.2) is 36.9 Å². The second-order valence-electron chi connectivity index (χ2n) is 3.99. The number of carbonyl (C=O) groups excluding carboxylic acids is 1. The first-order valence-corrected chi connectivity index (χ1v) is 5.87. The fourth-order valence-corrected chi connectivity index (χ4v) is 1.34. The van der Waals surface area contributed by atoms with E-state index in [0.29, 0.717) is 11.4 Å². The van der Waals surface area contributed by atoms with Gasteiger partial charge in [-0.1, -0.05) is 12.1 Å². The zero-order valence-electron chi connectivity index (χ0n) is 10.7. The lowest BCUT2D eigenvalue weighted by atomic mass is 10.3. The number of carbonyl (C=O) groups is 1. The van der Waals surface area contributed by atoms with Crippen LogP contribution in [0, 0.1) is 0 Å². The van der Waals surface area contributed by atoms with Gasteiger partial charge in [0.25, 0.3) is 0 Å². The van der Waals surface area contributed by atoms with Gasteiger partial charge in [0.15, 0.2) is 0 Å². The first-order valence-electron chi connectivity index (χ1n) is 5.87. The van der Waals surface area contributed by atoms with E-state index in [0.717, 1.165) is 0 Å². The molecule has 1 amide bonds. The summed E-state index contributed by atoms with van der Waals surface area (Å²) >= 11 is 0. The molecular formula is C13H19NO4. The number of hydrogen-bond acceptors (Lipinski definition) is 4. The summed E-state index contributed by atoms with van der Waals surface area (Å²) in [5.41, 5.74) is 0.615. The normalized spacial score (nSPS) is 10.4. The van der Waals surface area contributed by atoms with Gasteiger partial charge in [-0.15, -0.1) is 0 Å². The largest absolute Gasteiger partial charge is 0.489 e. The summed E-state index contributed by atoms with van der Waals surface area (Å²) in [5, 5.41) is 11.2. The number of aliphatic hydroxyl groups excluding tert-OH is 1. The Labute approximate surface area is 107 Å². The number of benzene rings is 1. The summed E-state index contributed by atoms with van der Waals surface area (Å²) in [5.74, 6) is 0.353. The molecule has 0 radical (unpaired) electrons. The second-order valence-corrected chi connectivity index (χ2v) is 3.99. The Hall–Kier alpha value is -1.59. The van der Waals surface area contributed by atoms with Crippen LogP contribution < -0.4 is 10.1 Å². The van der Waals surface area contributed by atoms with Gasteiger partial charge in [0, 0.05) is 0 Å². The fourth-order valence-electron chi connectivity index (χ4n) is 1.34. The summed E-state index contributed by atoms with van der Waals surface area (Å²) < 4.78 is 10.5. The molecule has 1 rings (SSSR count). The van der Waals surface area contributed by atoms with Crippen LogP contribution in [0.5, 0.6) is 5.75 Å². The SMILES string of the molecule is CC(C)Oc1ccccc1NC(=O)COCCO. The van der Waals surface area contributed by atoms with Crippen LogP contribution in [0.4, 0.5) is 5.69 Å². The maximum atomic E-state index is 11.6. The molecular weight excluding hydrogens is 234 g/mol. The van der Waals surface area contributed by atoms with Crippen LogP contribution in [0.2, 0.25) is 0 Å². The van der Waals surface area contributed by atoms with Gasteiger partial charge in [0.2, 0.25) is 5.91 Å². The number of hydrogen-bond donors (Lipinski definition) is 2. The van der Waals surface area contributed by atoms with Gasteiger partial charge in [-0.05, 0) is 26.0 Å². The maximum Gasteiger partial charge on any atom is 0.250 e. The van der Waals surface area contributed by atoms with Gasteiger partial charge >= 0.3 is 0 Å². The smallest absolute Gasteiger partial charge is 0.250 e. The molecule has 0 heterocycles. The van der Waals surface area contributed by atoms with Crippen molar-refractivity contribution in [2.75, 3.05) is 25.1 Å². The van der Waals surface area contributed by atoms with E-state index in [9.17, 15) is 4.79 Å². The Bertz CT molecular complexity index is 379. The third-order valence-corrected chi connectivity index (χ3v) is 1.99. The monoisotopic (exact) mass is 253 g/mol. The summed E-state index contributed by atoms with van der Waals surface area (Å²) in [7, 11) is 0. The van der Waals surface area contributed by atoms with Crippen molar-refractivity contribution in [3.63, 3.8) is 0 Å². The minimum Gasteiger partial charge on any atom is -0.489 e. The Kier molecular flexibility index (Phi) is 6.18. The number of rotatable bonds is 7. The topological polar surface area (TPSA) is 67.8 Å². The van der Waals surface area contributed by atoms with Gasteiger partial charge in [-0.3, -0.25) is 4.79 Å². The van der Waals surface area contributed by atoms with Crippen LogP contribution in [0.1, 0.15) is 13.8 Å². The average molecular weight is 253 g/mol. The van der Waals surface area contributed by atoms with Crippen molar-refractivity contribution >= 4 is 11.6 Å². The average Bonchev–Trinajstić information content (AvgIpc) is 2.31. The maximum absolute atomic E-state index is 11.6. The van der Waals surface area contributed by atoms with Crippen molar-refractivity contribution in [3.05, 3.63) is 24.3 Å². The van der Waals surface area contributed by atoms with E-state index in [2.05, 4.69) is 5.32 Å². The molecule has 0 atom stereocenters. The molecule has 2 N–H and O–H groups in total. The molecule has 5 heteroatoms. The zero-order valence-corrected chi connectivity index (χ0v) is 10.7. The lowest BCUT2D eigenvalue weighted by molar-refractivity contribution is -0.120. The molecule has 0 aliphatic heterocycles. The Morgan fingerprint density at radius 3 is 2.78 bits per heavy atom. The Morgan fingerprint density at radius 1 is 1.39 bits per heavy atom. The van der Waals surface area contributed by atoms with E-state index >= 15 is 0 Å². The Morgan fingerprint density at radius 2 is 2.11 bits per heavy atom. The molecule has 0 saturated carbocycles. The van der Waals surface area contributed by atoms with Gasteiger partial charge in [-0.2, -0.15) is 0 Å². The molecule has 0 fully saturated rings. The molecule has 0 aliphatic rings. The number of nitrogens with one attached hydrogen (secondary N) is 1. The van der Waals surface area contributed by atoms with E-state index in [1.54, 1.807) is 12.1 Å². The van der Waals surface area contributed by atoms with E-state index in [-0.39, 0.29) is 31.8 Å².